The molecule has 4 aromatic rings. The summed E-state index contributed by atoms with van der Waals surface area (Å²) < 4.78 is 21.1. The van der Waals surface area contributed by atoms with Crippen molar-refractivity contribution in [2.24, 2.45) is 0 Å². The summed E-state index contributed by atoms with van der Waals surface area (Å²) >= 11 is 0. The third kappa shape index (κ3) is 5.63. The standard InChI is InChI=1S/C29H33N5O3S/c1-19-12-20(13-28(35)32-21-15-31-34(16-21)29(2,3)4)6-9-26(19)37-27-10-11-30-25-8-7-22(14-24(25)27)38(36)23-17-33(5)18-23/h6-12,14-16,23H,13,17-18H2,1-5H3,(H,32,35). The van der Waals surface area contributed by atoms with Crippen LogP contribution in [0, 0.1) is 6.92 Å². The number of carbonyl (C=O) groups is 1. The molecule has 1 fully saturated rings. The first-order valence-corrected chi connectivity index (χ1v) is 13.9. The van der Waals surface area contributed by atoms with Gasteiger partial charge in [0.2, 0.25) is 5.91 Å². The van der Waals surface area contributed by atoms with Gasteiger partial charge in [-0.2, -0.15) is 5.10 Å². The van der Waals surface area contributed by atoms with E-state index in [2.05, 4.69) is 41.1 Å². The number of rotatable bonds is 7. The molecular formula is C29H33N5O3S. The maximum atomic E-state index is 13.0. The van der Waals surface area contributed by atoms with Crippen LogP contribution in [0.5, 0.6) is 11.5 Å². The quantitative estimate of drug-likeness (QED) is 0.365. The number of pyridine rings is 1. The molecule has 0 radical (unpaired) electrons. The largest absolute Gasteiger partial charge is 0.456 e. The maximum absolute atomic E-state index is 13.0. The second-order valence-electron chi connectivity index (χ2n) is 10.9. The third-order valence-corrected chi connectivity index (χ3v) is 8.24. The van der Waals surface area contributed by atoms with Crippen LogP contribution in [0.2, 0.25) is 0 Å². The molecule has 1 aliphatic heterocycles. The number of anilines is 1. The Labute approximate surface area is 225 Å². The smallest absolute Gasteiger partial charge is 0.228 e. The Balaban J connectivity index is 1.29. The lowest BCUT2D eigenvalue weighted by molar-refractivity contribution is -0.115. The molecule has 198 valence electrons. The van der Waals surface area contributed by atoms with E-state index in [4.69, 9.17) is 4.74 Å². The molecule has 3 heterocycles. The predicted molar refractivity (Wildman–Crippen MR) is 150 cm³/mol. The Morgan fingerprint density at radius 2 is 1.92 bits per heavy atom. The number of amides is 1. The average molecular weight is 532 g/mol. The highest BCUT2D eigenvalue weighted by Crippen LogP contribution is 2.33. The number of hydrogen-bond acceptors (Lipinski definition) is 6. The monoisotopic (exact) mass is 531 g/mol. The van der Waals surface area contributed by atoms with Gasteiger partial charge in [0.25, 0.3) is 0 Å². The van der Waals surface area contributed by atoms with Crippen molar-refractivity contribution in [3.8, 4) is 11.5 Å². The molecule has 2 aromatic carbocycles. The minimum absolute atomic E-state index is 0.107. The highest BCUT2D eigenvalue weighted by molar-refractivity contribution is 7.85. The molecule has 1 atom stereocenters. The summed E-state index contributed by atoms with van der Waals surface area (Å²) in [6.45, 7) is 9.81. The van der Waals surface area contributed by atoms with E-state index in [1.54, 1.807) is 12.4 Å². The van der Waals surface area contributed by atoms with E-state index in [-0.39, 0.29) is 23.1 Å². The van der Waals surface area contributed by atoms with E-state index in [1.165, 1.54) is 0 Å². The van der Waals surface area contributed by atoms with Gasteiger partial charge in [-0.1, -0.05) is 12.1 Å². The van der Waals surface area contributed by atoms with E-state index < -0.39 is 10.8 Å². The van der Waals surface area contributed by atoms with Gasteiger partial charge in [0, 0.05) is 35.8 Å². The molecule has 9 heteroatoms. The van der Waals surface area contributed by atoms with E-state index in [9.17, 15) is 9.00 Å². The molecule has 5 rings (SSSR count). The van der Waals surface area contributed by atoms with Crippen molar-refractivity contribution in [2.75, 3.05) is 25.5 Å². The maximum Gasteiger partial charge on any atom is 0.228 e. The second kappa shape index (κ2) is 10.3. The van der Waals surface area contributed by atoms with Crippen molar-refractivity contribution in [3.05, 3.63) is 72.2 Å². The lowest BCUT2D eigenvalue weighted by Gasteiger charge is -2.35. The number of likely N-dealkylation sites (tertiary alicyclic amines) is 1. The van der Waals surface area contributed by atoms with Gasteiger partial charge in [0.15, 0.2) is 0 Å². The molecule has 1 saturated heterocycles. The molecule has 1 amide bonds. The van der Waals surface area contributed by atoms with E-state index in [0.717, 1.165) is 40.0 Å². The van der Waals surface area contributed by atoms with E-state index in [0.29, 0.717) is 17.2 Å². The number of hydrogen-bond donors (Lipinski definition) is 1. The van der Waals surface area contributed by atoms with Gasteiger partial charge in [-0.15, -0.1) is 0 Å². The zero-order valence-electron chi connectivity index (χ0n) is 22.4. The SMILES string of the molecule is Cc1cc(CC(=O)Nc2cnn(C(C)(C)C)c2)ccc1Oc1ccnc2ccc(S(=O)C3CN(C)C3)cc12. The lowest BCUT2D eigenvalue weighted by Crippen LogP contribution is -2.50. The molecule has 1 unspecified atom stereocenters. The lowest BCUT2D eigenvalue weighted by atomic mass is 10.1. The van der Waals surface area contributed by atoms with Gasteiger partial charge in [0.05, 0.1) is 45.4 Å². The van der Waals surface area contributed by atoms with E-state index in [1.807, 2.05) is 67.3 Å². The highest BCUT2D eigenvalue weighted by atomic mass is 32.2. The fourth-order valence-electron chi connectivity index (χ4n) is 4.48. The number of fused-ring (bicyclic) bond motifs is 1. The van der Waals surface area contributed by atoms with Gasteiger partial charge in [-0.05, 0) is 76.2 Å². The molecule has 1 aliphatic rings. The molecule has 0 spiro atoms. The topological polar surface area (TPSA) is 89.4 Å². The zero-order chi connectivity index (χ0) is 27.0. The first-order chi connectivity index (χ1) is 18.1. The van der Waals surface area contributed by atoms with Gasteiger partial charge < -0.3 is 15.0 Å². The summed E-state index contributed by atoms with van der Waals surface area (Å²) in [5.74, 6) is 1.24. The van der Waals surface area contributed by atoms with Crippen LogP contribution in [-0.2, 0) is 27.6 Å². The number of benzene rings is 2. The van der Waals surface area contributed by atoms with Gasteiger partial charge in [-0.25, -0.2) is 0 Å². The number of carbonyl (C=O) groups excluding carboxylic acids is 1. The highest BCUT2D eigenvalue weighted by Gasteiger charge is 2.29. The second-order valence-corrected chi connectivity index (χ2v) is 12.6. The van der Waals surface area contributed by atoms with Crippen LogP contribution < -0.4 is 10.1 Å². The van der Waals surface area contributed by atoms with Crippen LogP contribution in [0.3, 0.4) is 0 Å². The van der Waals surface area contributed by atoms with Crippen molar-refractivity contribution < 1.29 is 13.7 Å². The molecule has 1 N–H and O–H groups in total. The molecule has 38 heavy (non-hydrogen) atoms. The van der Waals surface area contributed by atoms with Crippen LogP contribution in [0.15, 0.2) is 66.0 Å². The van der Waals surface area contributed by atoms with Gasteiger partial charge in [-0.3, -0.25) is 18.7 Å². The Hall–Kier alpha value is -3.56. The summed E-state index contributed by atoms with van der Waals surface area (Å²) in [6.07, 6.45) is 5.46. The number of ether oxygens (including phenoxy) is 1. The molecule has 0 saturated carbocycles. The van der Waals surface area contributed by atoms with Crippen molar-refractivity contribution in [1.29, 1.82) is 0 Å². The van der Waals surface area contributed by atoms with Crippen molar-refractivity contribution in [2.45, 2.75) is 49.8 Å². The summed E-state index contributed by atoms with van der Waals surface area (Å²) in [5.41, 5.74) is 3.12. The number of aryl methyl sites for hydroxylation is 1. The summed E-state index contributed by atoms with van der Waals surface area (Å²) in [5, 5.41) is 8.23. The van der Waals surface area contributed by atoms with Crippen molar-refractivity contribution >= 4 is 33.3 Å². The Bertz CT molecular complexity index is 1520. The van der Waals surface area contributed by atoms with Crippen LogP contribution in [0.1, 0.15) is 31.9 Å². The minimum atomic E-state index is -1.07. The van der Waals surface area contributed by atoms with Crippen LogP contribution in [-0.4, -0.2) is 55.2 Å². The van der Waals surface area contributed by atoms with Crippen LogP contribution in [0.25, 0.3) is 10.9 Å². The van der Waals surface area contributed by atoms with E-state index >= 15 is 0 Å². The fourth-order valence-corrected chi connectivity index (χ4v) is 6.08. The Morgan fingerprint density at radius 3 is 2.61 bits per heavy atom. The number of nitrogens with zero attached hydrogens (tertiary/aromatic N) is 4. The molecule has 0 bridgehead atoms. The van der Waals surface area contributed by atoms with Gasteiger partial charge >= 0.3 is 0 Å². The summed E-state index contributed by atoms with van der Waals surface area (Å²) in [7, 11) is 0.962. The predicted octanol–water partition coefficient (Wildman–Crippen LogP) is 4.89. The fraction of sp³-hybridized carbons (Fsp3) is 0.345. The summed E-state index contributed by atoms with van der Waals surface area (Å²) in [4.78, 5) is 20.0. The minimum Gasteiger partial charge on any atom is -0.456 e. The first kappa shape index (κ1) is 26.1. The van der Waals surface area contributed by atoms with Gasteiger partial charge in [0.1, 0.15) is 11.5 Å². The zero-order valence-corrected chi connectivity index (χ0v) is 23.2. The molecule has 0 aliphatic carbocycles. The Morgan fingerprint density at radius 1 is 1.13 bits per heavy atom. The van der Waals surface area contributed by atoms with Crippen LogP contribution >= 0.6 is 0 Å². The third-order valence-electron chi connectivity index (χ3n) is 6.62. The normalized spacial score (nSPS) is 15.3. The first-order valence-electron chi connectivity index (χ1n) is 12.7. The molecule has 2 aromatic heterocycles. The Kier molecular flexibility index (Phi) is 7.07. The van der Waals surface area contributed by atoms with Crippen molar-refractivity contribution in [3.63, 3.8) is 0 Å². The number of aromatic nitrogens is 3. The van der Waals surface area contributed by atoms with Crippen molar-refractivity contribution in [1.82, 2.24) is 19.7 Å². The molecule has 8 nitrogen and oxygen atoms in total. The van der Waals surface area contributed by atoms with Crippen LogP contribution in [0.4, 0.5) is 5.69 Å². The number of nitrogens with one attached hydrogen (secondary N) is 1. The molecular weight excluding hydrogens is 498 g/mol. The summed E-state index contributed by atoms with van der Waals surface area (Å²) in [6, 6.07) is 13.3. The average Bonchev–Trinajstić information content (AvgIpc) is 3.32.